The summed E-state index contributed by atoms with van der Waals surface area (Å²) in [7, 11) is 0. The van der Waals surface area contributed by atoms with Gasteiger partial charge in [-0.3, -0.25) is 10.1 Å². The highest BCUT2D eigenvalue weighted by Crippen LogP contribution is 2.36. The summed E-state index contributed by atoms with van der Waals surface area (Å²) < 4.78 is 11.9. The minimum atomic E-state index is -0.464. The third-order valence-electron chi connectivity index (χ3n) is 7.14. The lowest BCUT2D eigenvalue weighted by molar-refractivity contribution is -0.384. The summed E-state index contributed by atoms with van der Waals surface area (Å²) in [6, 6.07) is 33.9. The molecule has 0 spiro atoms. The first-order valence-electron chi connectivity index (χ1n) is 13.7. The van der Waals surface area contributed by atoms with Crippen molar-refractivity contribution in [3.63, 3.8) is 0 Å². The van der Waals surface area contributed by atoms with Gasteiger partial charge >= 0.3 is 5.69 Å². The number of nitrogen functional groups attached to an aromatic ring is 1. The van der Waals surface area contributed by atoms with E-state index < -0.39 is 4.92 Å². The van der Waals surface area contributed by atoms with Gasteiger partial charge in [0.15, 0.2) is 17.0 Å². The molecule has 0 aliphatic rings. The Balaban J connectivity index is 0.000000156. The van der Waals surface area contributed by atoms with Crippen LogP contribution in [0.4, 0.5) is 34.4 Å². The normalized spacial score (nSPS) is 10.8. The summed E-state index contributed by atoms with van der Waals surface area (Å²) in [5, 5.41) is 21.5. The number of fused-ring (bicyclic) bond motifs is 6. The zero-order valence-corrected chi connectivity index (χ0v) is 23.1. The van der Waals surface area contributed by atoms with E-state index in [0.717, 1.165) is 44.0 Å². The fourth-order valence-electron chi connectivity index (χ4n) is 5.11. The van der Waals surface area contributed by atoms with Gasteiger partial charge in [0.05, 0.1) is 22.0 Å². The van der Waals surface area contributed by atoms with Crippen LogP contribution in [0.25, 0.3) is 43.9 Å². The number of nitrogens with zero attached hydrogens (tertiary/aromatic N) is 3. The predicted octanol–water partition coefficient (Wildman–Crippen LogP) is 9.58. The Kier molecular flexibility index (Phi) is 7.69. The van der Waals surface area contributed by atoms with Crippen molar-refractivity contribution >= 4 is 78.3 Å². The molecule has 10 heteroatoms. The maximum absolute atomic E-state index is 11.1. The quantitative estimate of drug-likeness (QED) is 0.131. The van der Waals surface area contributed by atoms with Crippen LogP contribution < -0.4 is 16.4 Å². The topological polar surface area (TPSA) is 145 Å². The molecular formula is C35H28N6O4. The highest BCUT2D eigenvalue weighted by atomic mass is 16.6. The van der Waals surface area contributed by atoms with Crippen LogP contribution in [0.5, 0.6) is 0 Å². The van der Waals surface area contributed by atoms with E-state index in [9.17, 15) is 10.1 Å². The van der Waals surface area contributed by atoms with Crippen LogP contribution in [0.1, 0.15) is 7.43 Å². The van der Waals surface area contributed by atoms with Gasteiger partial charge in [-0.25, -0.2) is 9.97 Å². The Morgan fingerprint density at radius 3 is 1.64 bits per heavy atom. The van der Waals surface area contributed by atoms with E-state index in [-0.39, 0.29) is 18.9 Å². The number of hydrogen-bond donors (Lipinski definition) is 3. The number of nitrogens with two attached hydrogens (primary N) is 1. The van der Waals surface area contributed by atoms with Crippen LogP contribution in [0.2, 0.25) is 0 Å². The molecule has 0 aliphatic carbocycles. The summed E-state index contributed by atoms with van der Waals surface area (Å²) >= 11 is 0. The number of para-hydroxylation sites is 4. The van der Waals surface area contributed by atoms with Crippen molar-refractivity contribution in [3.8, 4) is 0 Å². The van der Waals surface area contributed by atoms with E-state index in [1.807, 2.05) is 91.0 Å². The second-order valence-electron chi connectivity index (χ2n) is 9.88. The molecule has 4 heterocycles. The maximum Gasteiger partial charge on any atom is 0.311 e. The predicted molar refractivity (Wildman–Crippen MR) is 180 cm³/mol. The molecule has 0 fully saturated rings. The van der Waals surface area contributed by atoms with Gasteiger partial charge in [0.2, 0.25) is 5.82 Å². The smallest absolute Gasteiger partial charge is 0.311 e. The molecule has 0 unspecified atom stereocenters. The van der Waals surface area contributed by atoms with Gasteiger partial charge in [-0.1, -0.05) is 68.1 Å². The molecule has 10 nitrogen and oxygen atoms in total. The standard InChI is InChI=1S/C17H11N3O3.C17H13N3O.CH4/c21-20(22)14-8-4-10-18-17(14)19-13-7-3-6-12-11-5-1-2-9-15(11)23-16(12)13;18-13-7-4-10-19-17(13)20-14-8-3-6-12-11-5-1-2-9-15(11)21-16(12)14;/h1-10H,(H,18,19);1-10H,18H2,(H,19,20);1H4. The fourth-order valence-corrected chi connectivity index (χ4v) is 5.11. The van der Waals surface area contributed by atoms with Crippen molar-refractivity contribution in [3.05, 3.63) is 132 Å². The molecule has 4 aromatic heterocycles. The lowest BCUT2D eigenvalue weighted by Gasteiger charge is -2.07. The van der Waals surface area contributed by atoms with Crippen molar-refractivity contribution < 1.29 is 13.8 Å². The second-order valence-corrected chi connectivity index (χ2v) is 9.88. The van der Waals surface area contributed by atoms with Gasteiger partial charge in [-0.05, 0) is 42.5 Å². The molecule has 0 saturated carbocycles. The molecule has 8 aromatic rings. The maximum atomic E-state index is 11.1. The summed E-state index contributed by atoms with van der Waals surface area (Å²) in [5.41, 5.74) is 11.0. The summed E-state index contributed by atoms with van der Waals surface area (Å²) in [5.74, 6) is 0.816. The number of nitrogens with one attached hydrogen (secondary N) is 2. The number of benzene rings is 4. The minimum Gasteiger partial charge on any atom is -0.454 e. The molecular weight excluding hydrogens is 568 g/mol. The number of nitro groups is 1. The number of hydrogen-bond acceptors (Lipinski definition) is 9. The van der Waals surface area contributed by atoms with Crippen molar-refractivity contribution in [2.24, 2.45) is 0 Å². The Hall–Kier alpha value is -6.42. The van der Waals surface area contributed by atoms with Gasteiger partial charge in [0.1, 0.15) is 11.2 Å². The van der Waals surface area contributed by atoms with Gasteiger partial charge in [-0.15, -0.1) is 0 Å². The molecule has 0 atom stereocenters. The molecule has 4 aromatic carbocycles. The van der Waals surface area contributed by atoms with E-state index in [2.05, 4.69) is 26.7 Å². The summed E-state index contributed by atoms with van der Waals surface area (Å²) in [6.45, 7) is 0. The number of rotatable bonds is 5. The van der Waals surface area contributed by atoms with Crippen molar-refractivity contribution in [1.82, 2.24) is 9.97 Å². The molecule has 8 rings (SSSR count). The van der Waals surface area contributed by atoms with Crippen LogP contribution in [0, 0.1) is 10.1 Å². The number of anilines is 5. The van der Waals surface area contributed by atoms with Crippen LogP contribution in [-0.2, 0) is 0 Å². The molecule has 0 amide bonds. The molecule has 0 saturated heterocycles. The Morgan fingerprint density at radius 1 is 0.600 bits per heavy atom. The molecule has 0 radical (unpaired) electrons. The molecule has 4 N–H and O–H groups in total. The summed E-state index contributed by atoms with van der Waals surface area (Å²) in [4.78, 5) is 19.0. The number of pyridine rings is 2. The first-order valence-corrected chi connectivity index (χ1v) is 13.7. The first-order chi connectivity index (χ1) is 21.6. The molecule has 222 valence electrons. The SMILES string of the molecule is C.Nc1cccnc1Nc1cccc2c1oc1ccccc12.O=[N+]([O-])c1cccnc1Nc1cccc2c1oc1ccccc12. The van der Waals surface area contributed by atoms with E-state index in [1.54, 1.807) is 6.20 Å². The second kappa shape index (κ2) is 12.1. The van der Waals surface area contributed by atoms with Gasteiger partial charge in [0, 0.05) is 40.0 Å². The third kappa shape index (κ3) is 5.43. The van der Waals surface area contributed by atoms with E-state index in [0.29, 0.717) is 22.8 Å². The number of furan rings is 2. The molecule has 45 heavy (non-hydrogen) atoms. The monoisotopic (exact) mass is 596 g/mol. The van der Waals surface area contributed by atoms with Crippen LogP contribution in [-0.4, -0.2) is 14.9 Å². The van der Waals surface area contributed by atoms with Gasteiger partial charge < -0.3 is 25.2 Å². The van der Waals surface area contributed by atoms with Crippen molar-refractivity contribution in [1.29, 1.82) is 0 Å². The lowest BCUT2D eigenvalue weighted by atomic mass is 10.1. The highest BCUT2D eigenvalue weighted by molar-refractivity contribution is 6.10. The Morgan fingerprint density at radius 2 is 1.09 bits per heavy atom. The highest BCUT2D eigenvalue weighted by Gasteiger charge is 2.17. The average molecular weight is 597 g/mol. The van der Waals surface area contributed by atoms with Crippen LogP contribution in [0.3, 0.4) is 0 Å². The first kappa shape index (κ1) is 28.7. The lowest BCUT2D eigenvalue weighted by Crippen LogP contribution is -1.99. The Bertz CT molecular complexity index is 2310. The Labute approximate surface area is 257 Å². The van der Waals surface area contributed by atoms with Crippen LogP contribution >= 0.6 is 0 Å². The van der Waals surface area contributed by atoms with Crippen molar-refractivity contribution in [2.45, 2.75) is 7.43 Å². The minimum absolute atomic E-state index is 0. The van der Waals surface area contributed by atoms with Crippen LogP contribution in [0.15, 0.2) is 130 Å². The van der Waals surface area contributed by atoms with E-state index in [4.69, 9.17) is 14.6 Å². The van der Waals surface area contributed by atoms with Gasteiger partial charge in [0.25, 0.3) is 0 Å². The molecule has 0 bridgehead atoms. The average Bonchev–Trinajstić information content (AvgIpc) is 3.63. The molecule has 0 aliphatic heterocycles. The third-order valence-corrected chi connectivity index (χ3v) is 7.14. The van der Waals surface area contributed by atoms with E-state index >= 15 is 0 Å². The van der Waals surface area contributed by atoms with E-state index in [1.165, 1.54) is 18.3 Å². The zero-order valence-electron chi connectivity index (χ0n) is 23.1. The van der Waals surface area contributed by atoms with Gasteiger partial charge in [-0.2, -0.15) is 0 Å². The number of aromatic nitrogens is 2. The summed E-state index contributed by atoms with van der Waals surface area (Å²) in [6.07, 6.45) is 3.21. The zero-order chi connectivity index (χ0) is 30.0. The van der Waals surface area contributed by atoms with Crippen molar-refractivity contribution in [2.75, 3.05) is 16.4 Å². The largest absolute Gasteiger partial charge is 0.454 e. The fraction of sp³-hybridized carbons (Fsp3) is 0.0286.